The monoisotopic (exact) mass is 286 g/mol. The fourth-order valence-corrected chi connectivity index (χ4v) is 2.48. The number of nitrogens with one attached hydrogen (secondary N) is 3. The summed E-state index contributed by atoms with van der Waals surface area (Å²) in [5, 5.41) is 14.2. The van der Waals surface area contributed by atoms with Crippen molar-refractivity contribution in [2.75, 3.05) is 25.0 Å². The molecule has 1 aliphatic rings. The van der Waals surface area contributed by atoms with E-state index in [4.69, 9.17) is 4.74 Å². The third-order valence-corrected chi connectivity index (χ3v) is 3.63. The molecule has 21 heavy (non-hydrogen) atoms. The van der Waals surface area contributed by atoms with Crippen molar-refractivity contribution in [1.82, 2.24) is 15.5 Å². The largest absolute Gasteiger partial charge is 0.494 e. The van der Waals surface area contributed by atoms with Gasteiger partial charge in [0.05, 0.1) is 12.3 Å². The Kier molecular flexibility index (Phi) is 4.40. The molecule has 3 rings (SSSR count). The van der Waals surface area contributed by atoms with E-state index in [1.165, 1.54) is 0 Å². The molecule has 2 heterocycles. The lowest BCUT2D eigenvalue weighted by Crippen LogP contribution is -2.22. The Balaban J connectivity index is 1.64. The fraction of sp³-hybridized carbons (Fsp3) is 0.438. The molecule has 1 aromatic carbocycles. The van der Waals surface area contributed by atoms with Gasteiger partial charge in [0.15, 0.2) is 0 Å². The van der Waals surface area contributed by atoms with Crippen molar-refractivity contribution in [2.45, 2.75) is 25.8 Å². The van der Waals surface area contributed by atoms with Crippen LogP contribution in [0.4, 0.5) is 5.82 Å². The summed E-state index contributed by atoms with van der Waals surface area (Å²) in [7, 11) is 0. The van der Waals surface area contributed by atoms with Crippen LogP contribution in [0, 0.1) is 0 Å². The van der Waals surface area contributed by atoms with Crippen molar-refractivity contribution in [3.8, 4) is 17.0 Å². The van der Waals surface area contributed by atoms with Gasteiger partial charge in [0.25, 0.3) is 0 Å². The maximum Gasteiger partial charge on any atom is 0.148 e. The first-order valence-corrected chi connectivity index (χ1v) is 7.61. The molecule has 0 spiro atoms. The quantitative estimate of drug-likeness (QED) is 0.764. The van der Waals surface area contributed by atoms with Crippen molar-refractivity contribution < 1.29 is 4.74 Å². The number of ether oxygens (including phenoxy) is 1. The third kappa shape index (κ3) is 3.55. The van der Waals surface area contributed by atoms with Gasteiger partial charge in [-0.05, 0) is 49.2 Å². The van der Waals surface area contributed by atoms with Crippen LogP contribution in [0.1, 0.15) is 19.8 Å². The first-order chi connectivity index (χ1) is 10.3. The summed E-state index contributed by atoms with van der Waals surface area (Å²) in [5.74, 6) is 1.82. The first-order valence-electron chi connectivity index (χ1n) is 7.61. The van der Waals surface area contributed by atoms with Crippen LogP contribution in [0.5, 0.6) is 5.75 Å². The highest BCUT2D eigenvalue weighted by Gasteiger charge is 2.15. The molecule has 0 aliphatic carbocycles. The second kappa shape index (κ2) is 6.63. The lowest BCUT2D eigenvalue weighted by atomic mass is 10.1. The number of hydrogen-bond donors (Lipinski definition) is 3. The summed E-state index contributed by atoms with van der Waals surface area (Å²) >= 11 is 0. The minimum Gasteiger partial charge on any atom is -0.494 e. The Labute approximate surface area is 125 Å². The molecule has 0 radical (unpaired) electrons. The molecule has 3 N–H and O–H groups in total. The summed E-state index contributed by atoms with van der Waals surface area (Å²) in [6.07, 6.45) is 2.17. The number of benzene rings is 1. The van der Waals surface area contributed by atoms with Crippen molar-refractivity contribution in [2.24, 2.45) is 0 Å². The topological polar surface area (TPSA) is 62.0 Å². The highest BCUT2D eigenvalue weighted by Crippen LogP contribution is 2.23. The van der Waals surface area contributed by atoms with Gasteiger partial charge < -0.3 is 15.4 Å². The number of nitrogens with zero attached hydrogens (tertiary/aromatic N) is 1. The fourth-order valence-electron chi connectivity index (χ4n) is 2.48. The van der Waals surface area contributed by atoms with Crippen LogP contribution >= 0.6 is 0 Å². The van der Waals surface area contributed by atoms with Crippen molar-refractivity contribution in [1.29, 1.82) is 0 Å². The number of rotatable bonds is 6. The number of aromatic nitrogens is 2. The van der Waals surface area contributed by atoms with Gasteiger partial charge in [0, 0.05) is 18.7 Å². The molecule has 0 amide bonds. The van der Waals surface area contributed by atoms with E-state index in [0.717, 1.165) is 55.4 Å². The van der Waals surface area contributed by atoms with E-state index in [2.05, 4.69) is 46.0 Å². The van der Waals surface area contributed by atoms with E-state index >= 15 is 0 Å². The zero-order valence-electron chi connectivity index (χ0n) is 12.4. The molecule has 0 saturated carbocycles. The van der Waals surface area contributed by atoms with Gasteiger partial charge in [0.2, 0.25) is 0 Å². The number of H-pyrrole nitrogens is 1. The summed E-state index contributed by atoms with van der Waals surface area (Å²) in [4.78, 5) is 0. The average molecular weight is 286 g/mol. The molecule has 1 aliphatic heterocycles. The molecule has 5 nitrogen and oxygen atoms in total. The highest BCUT2D eigenvalue weighted by atomic mass is 16.5. The molecule has 1 unspecified atom stereocenters. The van der Waals surface area contributed by atoms with Gasteiger partial charge in [-0.15, -0.1) is 0 Å². The standard InChI is InChI=1S/C16H22N4O/c1-2-9-21-14-5-3-12(4-6-14)15-10-16(20-19-15)18-13-7-8-17-11-13/h3-6,10,13,17H,2,7-9,11H2,1H3,(H2,18,19,20). The van der Waals surface area contributed by atoms with Crippen LogP contribution in [-0.4, -0.2) is 35.9 Å². The molecule has 0 bridgehead atoms. The highest BCUT2D eigenvalue weighted by molar-refractivity contribution is 5.63. The normalized spacial score (nSPS) is 17.9. The maximum absolute atomic E-state index is 5.59. The Morgan fingerprint density at radius 3 is 2.90 bits per heavy atom. The molecule has 5 heteroatoms. The minimum absolute atomic E-state index is 0.478. The molecule has 1 fully saturated rings. The zero-order valence-corrected chi connectivity index (χ0v) is 12.4. The third-order valence-electron chi connectivity index (χ3n) is 3.63. The van der Waals surface area contributed by atoms with Crippen LogP contribution in [-0.2, 0) is 0 Å². The van der Waals surface area contributed by atoms with Gasteiger partial charge in [0.1, 0.15) is 11.6 Å². The Morgan fingerprint density at radius 2 is 2.19 bits per heavy atom. The molecule has 2 aromatic rings. The van der Waals surface area contributed by atoms with Crippen molar-refractivity contribution in [3.05, 3.63) is 30.3 Å². The van der Waals surface area contributed by atoms with Crippen LogP contribution in [0.2, 0.25) is 0 Å². The van der Waals surface area contributed by atoms with Crippen LogP contribution < -0.4 is 15.4 Å². The van der Waals surface area contributed by atoms with Gasteiger partial charge in [-0.2, -0.15) is 5.10 Å². The zero-order chi connectivity index (χ0) is 14.5. The summed E-state index contributed by atoms with van der Waals surface area (Å²) < 4.78 is 5.59. The van der Waals surface area contributed by atoms with E-state index < -0.39 is 0 Å². The second-order valence-corrected chi connectivity index (χ2v) is 5.37. The lowest BCUT2D eigenvalue weighted by molar-refractivity contribution is 0.317. The van der Waals surface area contributed by atoms with E-state index in [9.17, 15) is 0 Å². The van der Waals surface area contributed by atoms with E-state index in [1.54, 1.807) is 0 Å². The van der Waals surface area contributed by atoms with Crippen LogP contribution in [0.15, 0.2) is 30.3 Å². The van der Waals surface area contributed by atoms with Gasteiger partial charge in [-0.1, -0.05) is 6.92 Å². The lowest BCUT2D eigenvalue weighted by Gasteiger charge is -2.08. The van der Waals surface area contributed by atoms with Crippen LogP contribution in [0.25, 0.3) is 11.3 Å². The average Bonchev–Trinajstić information content (AvgIpc) is 3.18. The Hall–Kier alpha value is -2.01. The smallest absolute Gasteiger partial charge is 0.148 e. The first kappa shape index (κ1) is 13.9. The maximum atomic E-state index is 5.59. The number of hydrogen-bond acceptors (Lipinski definition) is 4. The van der Waals surface area contributed by atoms with E-state index in [0.29, 0.717) is 6.04 Å². The number of anilines is 1. The predicted molar refractivity (Wildman–Crippen MR) is 84.7 cm³/mol. The van der Waals surface area contributed by atoms with Crippen molar-refractivity contribution in [3.63, 3.8) is 0 Å². The summed E-state index contributed by atoms with van der Waals surface area (Å²) in [6, 6.07) is 10.6. The number of aromatic amines is 1. The van der Waals surface area contributed by atoms with E-state index in [-0.39, 0.29) is 0 Å². The van der Waals surface area contributed by atoms with E-state index in [1.807, 2.05) is 12.1 Å². The Bertz CT molecular complexity index is 558. The molecular weight excluding hydrogens is 264 g/mol. The predicted octanol–water partition coefficient (Wildman–Crippen LogP) is 2.64. The Morgan fingerprint density at radius 1 is 1.33 bits per heavy atom. The molecule has 1 atom stereocenters. The second-order valence-electron chi connectivity index (χ2n) is 5.37. The van der Waals surface area contributed by atoms with Crippen molar-refractivity contribution >= 4 is 5.82 Å². The molecule has 112 valence electrons. The molecule has 1 aromatic heterocycles. The summed E-state index contributed by atoms with van der Waals surface area (Å²) in [5.41, 5.74) is 2.13. The molecular formula is C16H22N4O. The summed E-state index contributed by atoms with van der Waals surface area (Å²) in [6.45, 7) is 4.94. The van der Waals surface area contributed by atoms with Gasteiger partial charge in [-0.3, -0.25) is 5.10 Å². The minimum atomic E-state index is 0.478. The molecule has 1 saturated heterocycles. The van der Waals surface area contributed by atoms with Crippen LogP contribution in [0.3, 0.4) is 0 Å². The van der Waals surface area contributed by atoms with Gasteiger partial charge >= 0.3 is 0 Å². The SMILES string of the molecule is CCCOc1ccc(-c2cc(NC3CCNC3)n[nH]2)cc1. The van der Waals surface area contributed by atoms with Gasteiger partial charge in [-0.25, -0.2) is 0 Å².